The number of ether oxygens (including phenoxy) is 2. The quantitative estimate of drug-likeness (QED) is 0.665. The molecule has 114 valence electrons. The van der Waals surface area contributed by atoms with Crippen molar-refractivity contribution in [2.75, 3.05) is 44.4 Å². The van der Waals surface area contributed by atoms with Crippen LogP contribution >= 0.6 is 0 Å². The second-order valence-corrected chi connectivity index (χ2v) is 4.61. The van der Waals surface area contributed by atoms with Gasteiger partial charge in [0.1, 0.15) is 0 Å². The highest BCUT2D eigenvalue weighted by molar-refractivity contribution is 5.44. The molecule has 2 N–H and O–H groups in total. The van der Waals surface area contributed by atoms with Gasteiger partial charge in [0.2, 0.25) is 0 Å². The summed E-state index contributed by atoms with van der Waals surface area (Å²) in [6.45, 7) is 10.5. The molecule has 0 aliphatic rings. The lowest BCUT2D eigenvalue weighted by Gasteiger charge is -2.24. The molecule has 0 saturated heterocycles. The Morgan fingerprint density at radius 2 is 1.75 bits per heavy atom. The molecule has 5 heteroatoms. The molecule has 20 heavy (non-hydrogen) atoms. The molecular formula is C15H27N3O2. The van der Waals surface area contributed by atoms with Gasteiger partial charge in [-0.15, -0.1) is 0 Å². The Kier molecular flexibility index (Phi) is 8.18. The Hall–Kier alpha value is -1.17. The van der Waals surface area contributed by atoms with Crippen LogP contribution in [0.25, 0.3) is 0 Å². The Labute approximate surface area is 122 Å². The molecule has 0 unspecified atom stereocenters. The molecule has 0 aliphatic heterocycles. The van der Waals surface area contributed by atoms with Crippen molar-refractivity contribution in [2.24, 2.45) is 5.73 Å². The Balaban J connectivity index is 2.64. The van der Waals surface area contributed by atoms with Crippen LogP contribution < -0.4 is 10.6 Å². The summed E-state index contributed by atoms with van der Waals surface area (Å²) < 4.78 is 10.9. The molecule has 0 radical (unpaired) electrons. The number of anilines is 1. The van der Waals surface area contributed by atoms with E-state index in [1.165, 1.54) is 0 Å². The average Bonchev–Trinajstić information content (AvgIpc) is 2.46. The molecule has 1 aromatic rings. The van der Waals surface area contributed by atoms with Crippen molar-refractivity contribution in [3.63, 3.8) is 0 Å². The van der Waals surface area contributed by atoms with E-state index in [0.29, 0.717) is 13.2 Å². The Morgan fingerprint density at radius 3 is 2.15 bits per heavy atom. The maximum Gasteiger partial charge on any atom is 0.0641 e. The Morgan fingerprint density at radius 1 is 1.15 bits per heavy atom. The van der Waals surface area contributed by atoms with E-state index in [4.69, 9.17) is 15.2 Å². The highest BCUT2D eigenvalue weighted by Gasteiger charge is 2.08. The standard InChI is InChI=1S/C15H27N3O2/c1-4-19-10-8-18(9-11-20-5-2)14-6-7-15(13(3)16)17-12-14/h6-7,12-13H,4-5,8-11,16H2,1-3H3/t13-/m1/s1. The fourth-order valence-corrected chi connectivity index (χ4v) is 1.86. The van der Waals surface area contributed by atoms with Crippen molar-refractivity contribution in [3.8, 4) is 0 Å². The first-order valence-electron chi connectivity index (χ1n) is 7.31. The van der Waals surface area contributed by atoms with Gasteiger partial charge in [-0.1, -0.05) is 0 Å². The predicted octanol–water partition coefficient (Wildman–Crippen LogP) is 1.98. The fourth-order valence-electron chi connectivity index (χ4n) is 1.86. The molecule has 1 atom stereocenters. The smallest absolute Gasteiger partial charge is 0.0641 e. The number of rotatable bonds is 10. The van der Waals surface area contributed by atoms with Gasteiger partial charge >= 0.3 is 0 Å². The molecule has 0 fully saturated rings. The summed E-state index contributed by atoms with van der Waals surface area (Å²) in [5, 5.41) is 0. The number of aromatic nitrogens is 1. The monoisotopic (exact) mass is 281 g/mol. The van der Waals surface area contributed by atoms with Crippen molar-refractivity contribution >= 4 is 5.69 Å². The number of nitrogens with zero attached hydrogens (tertiary/aromatic N) is 2. The van der Waals surface area contributed by atoms with Crippen molar-refractivity contribution in [3.05, 3.63) is 24.0 Å². The zero-order chi connectivity index (χ0) is 14.8. The van der Waals surface area contributed by atoms with Crippen molar-refractivity contribution in [2.45, 2.75) is 26.8 Å². The van der Waals surface area contributed by atoms with Gasteiger partial charge in [-0.05, 0) is 32.9 Å². The van der Waals surface area contributed by atoms with Crippen LogP contribution in [0.4, 0.5) is 5.69 Å². The summed E-state index contributed by atoms with van der Waals surface area (Å²) in [7, 11) is 0. The zero-order valence-corrected chi connectivity index (χ0v) is 12.8. The largest absolute Gasteiger partial charge is 0.380 e. The van der Waals surface area contributed by atoms with E-state index in [0.717, 1.165) is 37.7 Å². The molecular weight excluding hydrogens is 254 g/mol. The molecule has 1 heterocycles. The SMILES string of the molecule is CCOCCN(CCOCC)c1ccc([C@@H](C)N)nc1. The van der Waals surface area contributed by atoms with E-state index >= 15 is 0 Å². The molecule has 1 aromatic heterocycles. The third-order valence-electron chi connectivity index (χ3n) is 3.02. The maximum absolute atomic E-state index is 5.82. The molecule has 0 aromatic carbocycles. The van der Waals surface area contributed by atoms with E-state index in [-0.39, 0.29) is 6.04 Å². The number of hydrogen-bond donors (Lipinski definition) is 1. The second kappa shape index (κ2) is 9.69. The van der Waals surface area contributed by atoms with Crippen LogP contribution in [-0.4, -0.2) is 44.5 Å². The van der Waals surface area contributed by atoms with E-state index < -0.39 is 0 Å². The zero-order valence-electron chi connectivity index (χ0n) is 12.8. The van der Waals surface area contributed by atoms with Crippen LogP contribution in [0, 0.1) is 0 Å². The van der Waals surface area contributed by atoms with E-state index in [9.17, 15) is 0 Å². The molecule has 5 nitrogen and oxygen atoms in total. The molecule has 0 saturated carbocycles. The van der Waals surface area contributed by atoms with E-state index in [2.05, 4.69) is 16.0 Å². The highest BCUT2D eigenvalue weighted by atomic mass is 16.5. The van der Waals surface area contributed by atoms with Crippen molar-refractivity contribution in [1.82, 2.24) is 4.98 Å². The minimum Gasteiger partial charge on any atom is -0.380 e. The average molecular weight is 281 g/mol. The van der Waals surface area contributed by atoms with Gasteiger partial charge in [0.15, 0.2) is 0 Å². The van der Waals surface area contributed by atoms with Crippen LogP contribution in [0.1, 0.15) is 32.5 Å². The minimum absolute atomic E-state index is 0.0376. The van der Waals surface area contributed by atoms with Crippen LogP contribution in [0.3, 0.4) is 0 Å². The summed E-state index contributed by atoms with van der Waals surface area (Å²) in [6, 6.07) is 4.00. The summed E-state index contributed by atoms with van der Waals surface area (Å²) in [5.74, 6) is 0. The van der Waals surface area contributed by atoms with Crippen LogP contribution in [0.15, 0.2) is 18.3 Å². The first-order valence-corrected chi connectivity index (χ1v) is 7.31. The molecule has 0 spiro atoms. The first kappa shape index (κ1) is 16.9. The number of hydrogen-bond acceptors (Lipinski definition) is 5. The van der Waals surface area contributed by atoms with Gasteiger partial charge in [-0.2, -0.15) is 0 Å². The molecule has 0 amide bonds. The van der Waals surface area contributed by atoms with E-state index in [1.807, 2.05) is 33.0 Å². The summed E-state index contributed by atoms with van der Waals surface area (Å²) in [6.07, 6.45) is 1.87. The van der Waals surface area contributed by atoms with E-state index in [1.54, 1.807) is 0 Å². The lowest BCUT2D eigenvalue weighted by atomic mass is 10.2. The van der Waals surface area contributed by atoms with Gasteiger partial charge in [-0.25, -0.2) is 0 Å². The summed E-state index contributed by atoms with van der Waals surface area (Å²) >= 11 is 0. The molecule has 1 rings (SSSR count). The lowest BCUT2D eigenvalue weighted by Crippen LogP contribution is -2.31. The van der Waals surface area contributed by atoms with Gasteiger partial charge in [-0.3, -0.25) is 4.98 Å². The fraction of sp³-hybridized carbons (Fsp3) is 0.667. The lowest BCUT2D eigenvalue weighted by molar-refractivity contribution is 0.141. The van der Waals surface area contributed by atoms with Crippen molar-refractivity contribution in [1.29, 1.82) is 0 Å². The Bertz CT molecular complexity index is 345. The van der Waals surface area contributed by atoms with Crippen LogP contribution in [0.2, 0.25) is 0 Å². The third-order valence-corrected chi connectivity index (χ3v) is 3.02. The first-order chi connectivity index (χ1) is 9.69. The maximum atomic E-state index is 5.82. The third kappa shape index (κ3) is 5.86. The van der Waals surface area contributed by atoms with Gasteiger partial charge in [0.05, 0.1) is 30.8 Å². The number of nitrogens with two attached hydrogens (primary N) is 1. The second-order valence-electron chi connectivity index (χ2n) is 4.61. The number of pyridine rings is 1. The minimum atomic E-state index is -0.0376. The van der Waals surface area contributed by atoms with Crippen molar-refractivity contribution < 1.29 is 9.47 Å². The van der Waals surface area contributed by atoms with Gasteiger partial charge in [0, 0.05) is 32.3 Å². The normalized spacial score (nSPS) is 12.4. The topological polar surface area (TPSA) is 60.6 Å². The highest BCUT2D eigenvalue weighted by Crippen LogP contribution is 2.15. The summed E-state index contributed by atoms with van der Waals surface area (Å²) in [5.41, 5.74) is 7.80. The van der Waals surface area contributed by atoms with Crippen LogP contribution in [-0.2, 0) is 9.47 Å². The predicted molar refractivity (Wildman–Crippen MR) is 82.0 cm³/mol. The van der Waals surface area contributed by atoms with Crippen LogP contribution in [0.5, 0.6) is 0 Å². The van der Waals surface area contributed by atoms with Gasteiger partial charge in [0.25, 0.3) is 0 Å². The summed E-state index contributed by atoms with van der Waals surface area (Å²) in [4.78, 5) is 6.63. The molecule has 0 aliphatic carbocycles. The molecule has 0 bridgehead atoms. The van der Waals surface area contributed by atoms with Gasteiger partial charge < -0.3 is 20.1 Å².